The first-order chi connectivity index (χ1) is 14.8. The Balaban J connectivity index is 1.32. The van der Waals surface area contributed by atoms with E-state index < -0.39 is 22.5 Å². The van der Waals surface area contributed by atoms with Gasteiger partial charge in [0.05, 0.1) is 15.6 Å². The number of halogens is 1. The van der Waals surface area contributed by atoms with Crippen molar-refractivity contribution in [3.05, 3.63) is 23.2 Å². The predicted octanol–water partition coefficient (Wildman–Crippen LogP) is 3.82. The molecule has 7 nitrogen and oxygen atoms in total. The first-order valence-corrected chi connectivity index (χ1v) is 12.9. The maximum absolute atomic E-state index is 12.9. The van der Waals surface area contributed by atoms with Crippen molar-refractivity contribution in [3.63, 3.8) is 0 Å². The van der Waals surface area contributed by atoms with E-state index in [0.717, 1.165) is 31.6 Å². The Bertz CT molecular complexity index is 945. The van der Waals surface area contributed by atoms with E-state index in [0.29, 0.717) is 31.3 Å². The van der Waals surface area contributed by atoms with Gasteiger partial charge in [0, 0.05) is 19.5 Å². The van der Waals surface area contributed by atoms with Gasteiger partial charge in [-0.15, -0.1) is 0 Å². The summed E-state index contributed by atoms with van der Waals surface area (Å²) >= 11 is 6.16. The Hall–Kier alpha value is -1.64. The Kier molecular flexibility index (Phi) is 6.89. The molecule has 1 amide bonds. The molecule has 3 atom stereocenters. The highest BCUT2D eigenvalue weighted by atomic mass is 35.5. The third-order valence-electron chi connectivity index (χ3n) is 6.84. The number of rotatable bonds is 7. The van der Waals surface area contributed by atoms with E-state index in [4.69, 9.17) is 16.3 Å². The molecule has 1 aromatic rings. The van der Waals surface area contributed by atoms with Crippen molar-refractivity contribution in [1.82, 2.24) is 4.31 Å². The van der Waals surface area contributed by atoms with E-state index >= 15 is 0 Å². The van der Waals surface area contributed by atoms with Crippen LogP contribution in [0.3, 0.4) is 0 Å². The monoisotopic (exact) mass is 468 g/mol. The van der Waals surface area contributed by atoms with Gasteiger partial charge < -0.3 is 10.1 Å². The van der Waals surface area contributed by atoms with Gasteiger partial charge in [0.25, 0.3) is 5.91 Å². The molecule has 0 unspecified atom stereocenters. The van der Waals surface area contributed by atoms with Crippen LogP contribution in [0.15, 0.2) is 23.1 Å². The summed E-state index contributed by atoms with van der Waals surface area (Å²) in [5.74, 6) is 0.841. The second kappa shape index (κ2) is 9.46. The normalized spacial score (nSPS) is 26.0. The van der Waals surface area contributed by atoms with E-state index in [1.807, 2.05) is 0 Å². The number of esters is 1. The number of sulfonamides is 1. The van der Waals surface area contributed by atoms with Crippen LogP contribution in [0.1, 0.15) is 51.4 Å². The van der Waals surface area contributed by atoms with Crippen molar-refractivity contribution in [1.29, 1.82) is 0 Å². The van der Waals surface area contributed by atoms with Gasteiger partial charge in [-0.25, -0.2) is 8.42 Å². The second-order valence-corrected chi connectivity index (χ2v) is 11.3. The summed E-state index contributed by atoms with van der Waals surface area (Å²) < 4.78 is 32.4. The molecule has 4 rings (SSSR count). The summed E-state index contributed by atoms with van der Waals surface area (Å²) in [7, 11) is -3.64. The number of ether oxygens (including phenoxy) is 1. The molecule has 0 radical (unpaired) electrons. The first-order valence-electron chi connectivity index (χ1n) is 11.1. The van der Waals surface area contributed by atoms with Crippen molar-refractivity contribution >= 4 is 39.2 Å². The summed E-state index contributed by atoms with van der Waals surface area (Å²) in [6, 6.07) is 4.26. The third-order valence-corrected chi connectivity index (χ3v) is 9.07. The van der Waals surface area contributed by atoms with Crippen LogP contribution in [0.5, 0.6) is 0 Å². The maximum atomic E-state index is 12.9. The zero-order valence-corrected chi connectivity index (χ0v) is 19.1. The lowest BCUT2D eigenvalue weighted by Gasteiger charge is -2.26. The molecule has 2 bridgehead atoms. The smallest absolute Gasteiger partial charge is 0.306 e. The second-order valence-electron chi connectivity index (χ2n) is 8.95. The van der Waals surface area contributed by atoms with Crippen LogP contribution >= 0.6 is 11.6 Å². The standard InChI is InChI=1S/C22H29ClN2O5S/c23-19-7-6-18(31(28,29)25-8-2-1-3-9-25)13-20(19)24-21(26)14-30-22(27)12-17-11-15-4-5-16(17)10-15/h6-7,13,15-17H,1-5,8-12,14H2,(H,24,26)/t15-,16-,17-/m1/s1. The number of hydrogen-bond donors (Lipinski definition) is 1. The van der Waals surface area contributed by atoms with Gasteiger partial charge in [0.15, 0.2) is 6.61 Å². The maximum Gasteiger partial charge on any atom is 0.306 e. The van der Waals surface area contributed by atoms with E-state index in [2.05, 4.69) is 5.32 Å². The van der Waals surface area contributed by atoms with Crippen molar-refractivity contribution in [2.24, 2.45) is 17.8 Å². The Morgan fingerprint density at radius 1 is 1.13 bits per heavy atom. The molecule has 0 aromatic heterocycles. The van der Waals surface area contributed by atoms with Crippen LogP contribution in [-0.4, -0.2) is 44.3 Å². The average Bonchev–Trinajstić information content (AvgIpc) is 3.37. The lowest BCUT2D eigenvalue weighted by atomic mass is 9.86. The van der Waals surface area contributed by atoms with Crippen molar-refractivity contribution in [2.75, 3.05) is 25.0 Å². The first kappa shape index (κ1) is 22.6. The molecule has 1 heterocycles. The zero-order valence-electron chi connectivity index (χ0n) is 17.5. The Morgan fingerprint density at radius 3 is 2.58 bits per heavy atom. The van der Waals surface area contributed by atoms with Gasteiger partial charge in [-0.1, -0.05) is 24.4 Å². The Morgan fingerprint density at radius 2 is 1.90 bits per heavy atom. The fourth-order valence-electron chi connectivity index (χ4n) is 5.25. The Labute approximate surface area is 188 Å². The van der Waals surface area contributed by atoms with Crippen LogP contribution in [0.4, 0.5) is 5.69 Å². The highest BCUT2D eigenvalue weighted by molar-refractivity contribution is 7.89. The van der Waals surface area contributed by atoms with Gasteiger partial charge in [0.2, 0.25) is 10.0 Å². The van der Waals surface area contributed by atoms with Crippen LogP contribution in [-0.2, 0) is 24.3 Å². The molecule has 3 fully saturated rings. The van der Waals surface area contributed by atoms with E-state index in [9.17, 15) is 18.0 Å². The summed E-state index contributed by atoms with van der Waals surface area (Å²) in [5.41, 5.74) is 0.189. The number of nitrogens with one attached hydrogen (secondary N) is 1. The molecule has 1 aromatic carbocycles. The molecular formula is C22H29ClN2O5S. The zero-order chi connectivity index (χ0) is 22.0. The minimum absolute atomic E-state index is 0.0855. The van der Waals surface area contributed by atoms with E-state index in [1.54, 1.807) is 0 Å². The number of fused-ring (bicyclic) bond motifs is 2. The van der Waals surface area contributed by atoms with Crippen molar-refractivity contribution in [3.8, 4) is 0 Å². The fourth-order valence-corrected chi connectivity index (χ4v) is 6.96. The van der Waals surface area contributed by atoms with Gasteiger partial charge >= 0.3 is 5.97 Å². The number of anilines is 1. The fraction of sp³-hybridized carbons (Fsp3) is 0.636. The summed E-state index contributed by atoms with van der Waals surface area (Å²) in [4.78, 5) is 24.5. The number of carbonyl (C=O) groups excluding carboxylic acids is 2. The summed E-state index contributed by atoms with van der Waals surface area (Å²) in [6.07, 6.45) is 7.82. The molecule has 1 aliphatic heterocycles. The van der Waals surface area contributed by atoms with E-state index in [-0.39, 0.29) is 21.6 Å². The predicted molar refractivity (Wildman–Crippen MR) is 117 cm³/mol. The molecule has 3 aliphatic rings. The molecule has 170 valence electrons. The summed E-state index contributed by atoms with van der Waals surface area (Å²) in [6.45, 7) is 0.565. The number of carbonyl (C=O) groups is 2. The summed E-state index contributed by atoms with van der Waals surface area (Å²) in [5, 5.41) is 2.79. The van der Waals surface area contributed by atoms with Crippen LogP contribution in [0, 0.1) is 17.8 Å². The lowest BCUT2D eigenvalue weighted by Crippen LogP contribution is -2.35. The number of benzene rings is 1. The third kappa shape index (κ3) is 5.23. The molecule has 1 saturated heterocycles. The molecule has 2 saturated carbocycles. The average molecular weight is 469 g/mol. The minimum atomic E-state index is -3.64. The minimum Gasteiger partial charge on any atom is -0.456 e. The quantitative estimate of drug-likeness (QED) is 0.614. The highest BCUT2D eigenvalue weighted by Crippen LogP contribution is 2.49. The van der Waals surface area contributed by atoms with Gasteiger partial charge in [-0.05, 0) is 68.1 Å². The van der Waals surface area contributed by atoms with E-state index in [1.165, 1.54) is 41.8 Å². The van der Waals surface area contributed by atoms with Crippen LogP contribution in [0.2, 0.25) is 5.02 Å². The van der Waals surface area contributed by atoms with Crippen LogP contribution < -0.4 is 5.32 Å². The lowest BCUT2D eigenvalue weighted by molar-refractivity contribution is -0.148. The number of nitrogens with zero attached hydrogens (tertiary/aromatic N) is 1. The highest BCUT2D eigenvalue weighted by Gasteiger charge is 2.40. The number of hydrogen-bond acceptors (Lipinski definition) is 5. The largest absolute Gasteiger partial charge is 0.456 e. The van der Waals surface area contributed by atoms with Crippen LogP contribution in [0.25, 0.3) is 0 Å². The number of piperidine rings is 1. The molecule has 2 aliphatic carbocycles. The van der Waals surface area contributed by atoms with Gasteiger partial charge in [0.1, 0.15) is 0 Å². The van der Waals surface area contributed by atoms with Gasteiger partial charge in [-0.3, -0.25) is 9.59 Å². The number of amides is 1. The SMILES string of the molecule is O=C(COC(=O)C[C@H]1C[C@@H]2CC[C@@H]1C2)Nc1cc(S(=O)(=O)N2CCCCC2)ccc1Cl. The molecule has 31 heavy (non-hydrogen) atoms. The topological polar surface area (TPSA) is 92.8 Å². The molecule has 0 spiro atoms. The molecule has 9 heteroatoms. The molecule has 1 N–H and O–H groups in total. The molecular weight excluding hydrogens is 440 g/mol. The van der Waals surface area contributed by atoms with Gasteiger partial charge in [-0.2, -0.15) is 4.31 Å². The van der Waals surface area contributed by atoms with Crippen molar-refractivity contribution < 1.29 is 22.7 Å². The van der Waals surface area contributed by atoms with Crippen molar-refractivity contribution in [2.45, 2.75) is 56.3 Å².